The smallest absolute Gasteiger partial charge is 0.310 e. The highest BCUT2D eigenvalue weighted by Crippen LogP contribution is 2.24. The van der Waals surface area contributed by atoms with Gasteiger partial charge in [-0.25, -0.2) is 13.8 Å². The molecule has 0 spiro atoms. The first-order valence-corrected chi connectivity index (χ1v) is 9.32. The van der Waals surface area contributed by atoms with Crippen LogP contribution >= 0.6 is 11.6 Å². The van der Waals surface area contributed by atoms with Crippen molar-refractivity contribution in [1.82, 2.24) is 4.98 Å². The number of rotatable bonds is 7. The van der Waals surface area contributed by atoms with E-state index in [1.54, 1.807) is 43.3 Å². The lowest BCUT2D eigenvalue weighted by molar-refractivity contribution is -0.142. The van der Waals surface area contributed by atoms with Gasteiger partial charge < -0.3 is 9.47 Å². The second-order valence-corrected chi connectivity index (χ2v) is 6.61. The minimum Gasteiger partial charge on any atom is -0.473 e. The molecule has 0 fully saturated rings. The Hall–Kier alpha value is -2.99. The van der Waals surface area contributed by atoms with Crippen molar-refractivity contribution < 1.29 is 23.0 Å². The Morgan fingerprint density at radius 1 is 1.03 bits per heavy atom. The van der Waals surface area contributed by atoms with E-state index >= 15 is 0 Å². The fourth-order valence-corrected chi connectivity index (χ4v) is 2.82. The number of nitrogens with zero attached hydrogens (tertiary/aromatic N) is 1. The number of benzene rings is 2. The van der Waals surface area contributed by atoms with E-state index in [2.05, 4.69) is 4.98 Å². The largest absolute Gasteiger partial charge is 0.473 e. The predicted molar refractivity (Wildman–Crippen MR) is 106 cm³/mol. The van der Waals surface area contributed by atoms with E-state index in [1.807, 2.05) is 0 Å². The zero-order chi connectivity index (χ0) is 20.8. The molecule has 3 rings (SSSR count). The third kappa shape index (κ3) is 5.51. The summed E-state index contributed by atoms with van der Waals surface area (Å²) in [6.45, 7) is 1.92. The van der Waals surface area contributed by atoms with Crippen molar-refractivity contribution in [3.63, 3.8) is 0 Å². The summed E-state index contributed by atoms with van der Waals surface area (Å²) in [6, 6.07) is 13.9. The van der Waals surface area contributed by atoms with Crippen molar-refractivity contribution in [2.45, 2.75) is 20.0 Å². The van der Waals surface area contributed by atoms with E-state index in [4.69, 9.17) is 21.1 Å². The average Bonchev–Trinajstić information content (AvgIpc) is 2.69. The Bertz CT molecular complexity index is 1030. The number of aromatic nitrogens is 1. The summed E-state index contributed by atoms with van der Waals surface area (Å²) in [4.78, 5) is 15.9. The Morgan fingerprint density at radius 3 is 2.52 bits per heavy atom. The van der Waals surface area contributed by atoms with Gasteiger partial charge in [0.05, 0.1) is 18.7 Å². The summed E-state index contributed by atoms with van der Waals surface area (Å²) in [5.41, 5.74) is 1.60. The van der Waals surface area contributed by atoms with Crippen molar-refractivity contribution in [2.75, 3.05) is 6.61 Å². The topological polar surface area (TPSA) is 48.4 Å². The van der Waals surface area contributed by atoms with Crippen molar-refractivity contribution in [3.05, 3.63) is 82.4 Å². The number of ether oxygens (including phenoxy) is 2. The monoisotopic (exact) mass is 417 g/mol. The molecule has 2 aromatic carbocycles. The molecule has 4 nitrogen and oxygen atoms in total. The quantitative estimate of drug-likeness (QED) is 0.485. The summed E-state index contributed by atoms with van der Waals surface area (Å²) in [6.07, 6.45) is -0.136. The minimum atomic E-state index is -0.521. The molecule has 29 heavy (non-hydrogen) atoms. The van der Waals surface area contributed by atoms with Gasteiger partial charge in [-0.1, -0.05) is 35.9 Å². The van der Waals surface area contributed by atoms with E-state index in [1.165, 1.54) is 18.2 Å². The maximum Gasteiger partial charge on any atom is 0.310 e. The lowest BCUT2D eigenvalue weighted by Gasteiger charge is -2.09. The zero-order valence-electron chi connectivity index (χ0n) is 15.6. The van der Waals surface area contributed by atoms with Crippen LogP contribution in [0.25, 0.3) is 11.3 Å². The number of hydrogen-bond donors (Lipinski definition) is 0. The fourth-order valence-electron chi connectivity index (χ4n) is 2.66. The number of halogens is 3. The maximum atomic E-state index is 14.4. The van der Waals surface area contributed by atoms with Crippen molar-refractivity contribution in [3.8, 4) is 17.1 Å². The summed E-state index contributed by atoms with van der Waals surface area (Å²) in [5.74, 6) is -1.20. The van der Waals surface area contributed by atoms with Crippen LogP contribution in [0.15, 0.2) is 54.6 Å². The molecule has 3 aromatic rings. The molecule has 7 heteroatoms. The van der Waals surface area contributed by atoms with Gasteiger partial charge in [0.1, 0.15) is 18.2 Å². The van der Waals surface area contributed by atoms with E-state index in [9.17, 15) is 13.6 Å². The first-order valence-electron chi connectivity index (χ1n) is 8.94. The number of pyridine rings is 1. The van der Waals surface area contributed by atoms with Crippen molar-refractivity contribution >= 4 is 17.6 Å². The van der Waals surface area contributed by atoms with Crippen LogP contribution in [0.5, 0.6) is 5.88 Å². The highest BCUT2D eigenvalue weighted by molar-refractivity contribution is 6.30. The van der Waals surface area contributed by atoms with E-state index < -0.39 is 17.6 Å². The number of carbonyl (C=O) groups excluding carboxylic acids is 1. The maximum absolute atomic E-state index is 14.4. The Labute approximate surface area is 172 Å². The molecule has 0 amide bonds. The van der Waals surface area contributed by atoms with Gasteiger partial charge in [-0.2, -0.15) is 0 Å². The number of hydrogen-bond acceptors (Lipinski definition) is 4. The predicted octanol–water partition coefficient (Wildman–Crippen LogP) is 5.36. The van der Waals surface area contributed by atoms with Gasteiger partial charge in [0.15, 0.2) is 0 Å². The molecule has 0 atom stereocenters. The Balaban J connectivity index is 1.73. The van der Waals surface area contributed by atoms with Gasteiger partial charge in [0.25, 0.3) is 0 Å². The van der Waals surface area contributed by atoms with Crippen LogP contribution in [0.3, 0.4) is 0 Å². The molecule has 0 N–H and O–H groups in total. The molecular formula is C22H18ClF2NO3. The molecule has 0 saturated carbocycles. The average molecular weight is 418 g/mol. The van der Waals surface area contributed by atoms with Gasteiger partial charge in [-0.3, -0.25) is 4.79 Å². The van der Waals surface area contributed by atoms with Crippen LogP contribution in [0.1, 0.15) is 18.1 Å². The summed E-state index contributed by atoms with van der Waals surface area (Å²) in [7, 11) is 0. The van der Waals surface area contributed by atoms with Crippen LogP contribution in [0.4, 0.5) is 8.78 Å². The molecule has 0 aliphatic heterocycles. The van der Waals surface area contributed by atoms with Gasteiger partial charge in [-0.15, -0.1) is 0 Å². The number of carbonyl (C=O) groups is 1. The molecule has 0 aliphatic carbocycles. The molecular weight excluding hydrogens is 400 g/mol. The molecule has 0 bridgehead atoms. The molecule has 1 aromatic heterocycles. The summed E-state index contributed by atoms with van der Waals surface area (Å²) in [5, 5.41) is 0.305. The van der Waals surface area contributed by atoms with Crippen molar-refractivity contribution in [1.29, 1.82) is 0 Å². The van der Waals surface area contributed by atoms with Crippen LogP contribution in [-0.4, -0.2) is 17.6 Å². The standard InChI is InChI=1S/C22H18ClF2NO3/c1-2-28-22(27)11-14-6-7-15(10-18(14)24)20-4-3-5-21(26-20)29-13-16-8-9-17(23)12-19(16)25/h3-10,12H,2,11,13H2,1H3. The molecule has 0 saturated heterocycles. The van der Waals surface area contributed by atoms with Gasteiger partial charge in [0, 0.05) is 22.2 Å². The molecule has 1 heterocycles. The highest BCUT2D eigenvalue weighted by atomic mass is 35.5. The van der Waals surface area contributed by atoms with Crippen LogP contribution in [-0.2, 0) is 22.6 Å². The highest BCUT2D eigenvalue weighted by Gasteiger charge is 2.12. The SMILES string of the molecule is CCOC(=O)Cc1ccc(-c2cccc(OCc3ccc(Cl)cc3F)n2)cc1F. The lowest BCUT2D eigenvalue weighted by atomic mass is 10.1. The third-order valence-electron chi connectivity index (χ3n) is 4.10. The summed E-state index contributed by atoms with van der Waals surface area (Å²) < 4.78 is 38.6. The molecule has 0 unspecified atom stereocenters. The van der Waals surface area contributed by atoms with E-state index in [0.717, 1.165) is 0 Å². The Kier molecular flexibility index (Phi) is 6.77. The Morgan fingerprint density at radius 2 is 1.79 bits per heavy atom. The van der Waals surface area contributed by atoms with Crippen molar-refractivity contribution in [2.24, 2.45) is 0 Å². The first kappa shape index (κ1) is 20.7. The first-order chi connectivity index (χ1) is 14.0. The minimum absolute atomic E-state index is 0.0215. The molecule has 0 radical (unpaired) electrons. The van der Waals surface area contributed by atoms with Gasteiger partial charge in [-0.05, 0) is 36.8 Å². The van der Waals surface area contributed by atoms with Gasteiger partial charge in [0.2, 0.25) is 5.88 Å². The van der Waals surface area contributed by atoms with Gasteiger partial charge >= 0.3 is 5.97 Å². The lowest BCUT2D eigenvalue weighted by Crippen LogP contribution is -2.08. The van der Waals surface area contributed by atoms with Crippen LogP contribution in [0.2, 0.25) is 5.02 Å². The van der Waals surface area contributed by atoms with Crippen LogP contribution in [0, 0.1) is 11.6 Å². The van der Waals surface area contributed by atoms with E-state index in [-0.39, 0.29) is 31.1 Å². The fraction of sp³-hybridized carbons (Fsp3) is 0.182. The third-order valence-corrected chi connectivity index (χ3v) is 4.34. The second-order valence-electron chi connectivity index (χ2n) is 6.17. The number of esters is 1. The second kappa shape index (κ2) is 9.47. The normalized spacial score (nSPS) is 10.6. The molecule has 0 aliphatic rings. The molecule has 150 valence electrons. The summed E-state index contributed by atoms with van der Waals surface area (Å²) >= 11 is 5.74. The van der Waals surface area contributed by atoms with E-state index in [0.29, 0.717) is 21.8 Å². The zero-order valence-corrected chi connectivity index (χ0v) is 16.4. The van der Waals surface area contributed by atoms with Crippen LogP contribution < -0.4 is 4.74 Å².